The van der Waals surface area contributed by atoms with Crippen LogP contribution in [0.3, 0.4) is 0 Å². The minimum Gasteiger partial charge on any atom is -0.488 e. The van der Waals surface area contributed by atoms with Gasteiger partial charge in [0.25, 0.3) is 5.88 Å². The standard InChI is InChI=1S/C19H26N6O2/c1-20-17-5-7-21-19(24-17)23-14-9-16(18(26-2)22-10-14)27-12-13-6-8-25(11-13)15-3-4-15/h5,7,9-10,13,15H,3-4,6,8,11-12H2,1-2H3,(H2,20,21,23,24)/t13-/m1/s1. The van der Waals surface area contributed by atoms with E-state index in [9.17, 15) is 0 Å². The van der Waals surface area contributed by atoms with E-state index in [1.54, 1.807) is 25.6 Å². The lowest BCUT2D eigenvalue weighted by atomic mass is 10.1. The van der Waals surface area contributed by atoms with Crippen LogP contribution in [-0.2, 0) is 0 Å². The Morgan fingerprint density at radius 2 is 2.15 bits per heavy atom. The first kappa shape index (κ1) is 17.8. The molecule has 1 aliphatic heterocycles. The van der Waals surface area contributed by atoms with E-state index in [1.165, 1.54) is 25.8 Å². The largest absolute Gasteiger partial charge is 0.488 e. The first-order chi connectivity index (χ1) is 13.2. The van der Waals surface area contributed by atoms with Gasteiger partial charge in [-0.2, -0.15) is 4.98 Å². The summed E-state index contributed by atoms with van der Waals surface area (Å²) in [6.07, 6.45) is 7.29. The average Bonchev–Trinajstić information content (AvgIpc) is 3.45. The number of aromatic nitrogens is 3. The molecule has 1 aliphatic carbocycles. The molecule has 0 radical (unpaired) electrons. The van der Waals surface area contributed by atoms with E-state index in [4.69, 9.17) is 9.47 Å². The fraction of sp³-hybridized carbons (Fsp3) is 0.526. The van der Waals surface area contributed by atoms with E-state index in [0.29, 0.717) is 30.1 Å². The number of pyridine rings is 1. The van der Waals surface area contributed by atoms with Gasteiger partial charge in [0.15, 0.2) is 5.75 Å². The summed E-state index contributed by atoms with van der Waals surface area (Å²) >= 11 is 0. The maximum Gasteiger partial charge on any atom is 0.256 e. The van der Waals surface area contributed by atoms with Crippen molar-refractivity contribution in [2.45, 2.75) is 25.3 Å². The fourth-order valence-corrected chi connectivity index (χ4v) is 3.42. The highest BCUT2D eigenvalue weighted by Crippen LogP contribution is 2.33. The van der Waals surface area contributed by atoms with Crippen molar-refractivity contribution in [3.8, 4) is 11.6 Å². The van der Waals surface area contributed by atoms with Crippen molar-refractivity contribution in [2.75, 3.05) is 44.5 Å². The second-order valence-corrected chi connectivity index (χ2v) is 7.06. The third-order valence-corrected chi connectivity index (χ3v) is 5.03. The highest BCUT2D eigenvalue weighted by molar-refractivity contribution is 5.57. The molecule has 0 amide bonds. The zero-order valence-electron chi connectivity index (χ0n) is 15.8. The van der Waals surface area contributed by atoms with E-state index >= 15 is 0 Å². The average molecular weight is 370 g/mol. The Labute approximate surface area is 159 Å². The van der Waals surface area contributed by atoms with Crippen LogP contribution in [-0.4, -0.2) is 59.7 Å². The number of nitrogens with one attached hydrogen (secondary N) is 2. The van der Waals surface area contributed by atoms with E-state index < -0.39 is 0 Å². The third-order valence-electron chi connectivity index (χ3n) is 5.03. The predicted molar refractivity (Wildman–Crippen MR) is 104 cm³/mol. The van der Waals surface area contributed by atoms with Crippen molar-refractivity contribution in [3.05, 3.63) is 24.5 Å². The van der Waals surface area contributed by atoms with Crippen LogP contribution in [0.4, 0.5) is 17.5 Å². The van der Waals surface area contributed by atoms with Gasteiger partial charge in [-0.15, -0.1) is 0 Å². The van der Waals surface area contributed by atoms with Crippen molar-refractivity contribution in [3.63, 3.8) is 0 Å². The SMILES string of the molecule is CNc1ccnc(Nc2cnc(OC)c(OC[C@@H]3CCN(C4CC4)C3)c2)n1. The lowest BCUT2D eigenvalue weighted by Gasteiger charge is -2.16. The van der Waals surface area contributed by atoms with Gasteiger partial charge in [0.05, 0.1) is 25.6 Å². The number of anilines is 3. The molecule has 144 valence electrons. The molecule has 1 saturated carbocycles. The Kier molecular flexibility index (Phi) is 5.24. The van der Waals surface area contributed by atoms with Gasteiger partial charge in [-0.3, -0.25) is 4.90 Å². The van der Waals surface area contributed by atoms with Crippen LogP contribution in [0.15, 0.2) is 24.5 Å². The molecule has 2 aromatic rings. The molecule has 2 aliphatic rings. The zero-order valence-corrected chi connectivity index (χ0v) is 15.8. The Hall–Kier alpha value is -2.61. The number of hydrogen-bond acceptors (Lipinski definition) is 8. The van der Waals surface area contributed by atoms with Crippen LogP contribution in [0, 0.1) is 5.92 Å². The van der Waals surface area contributed by atoms with Gasteiger partial charge in [0, 0.05) is 37.8 Å². The second-order valence-electron chi connectivity index (χ2n) is 7.06. The number of rotatable bonds is 8. The number of hydrogen-bond donors (Lipinski definition) is 2. The molecule has 27 heavy (non-hydrogen) atoms. The number of nitrogens with zero attached hydrogens (tertiary/aromatic N) is 4. The summed E-state index contributed by atoms with van der Waals surface area (Å²) in [5.74, 6) is 2.92. The summed E-state index contributed by atoms with van der Waals surface area (Å²) in [6.45, 7) is 2.99. The summed E-state index contributed by atoms with van der Waals surface area (Å²) < 4.78 is 11.4. The normalized spacial score (nSPS) is 19.7. The van der Waals surface area contributed by atoms with E-state index in [0.717, 1.165) is 24.1 Å². The molecule has 0 aromatic carbocycles. The highest BCUT2D eigenvalue weighted by atomic mass is 16.5. The zero-order chi connectivity index (χ0) is 18.6. The Bertz CT molecular complexity index is 783. The first-order valence-corrected chi connectivity index (χ1v) is 9.44. The minimum absolute atomic E-state index is 0.488. The summed E-state index contributed by atoms with van der Waals surface area (Å²) in [5.41, 5.74) is 0.755. The monoisotopic (exact) mass is 370 g/mol. The summed E-state index contributed by atoms with van der Waals surface area (Å²) in [7, 11) is 3.42. The number of ether oxygens (including phenoxy) is 2. The third kappa shape index (κ3) is 4.39. The Morgan fingerprint density at radius 3 is 2.93 bits per heavy atom. The maximum absolute atomic E-state index is 6.08. The van der Waals surface area contributed by atoms with E-state index in [1.807, 2.05) is 13.1 Å². The summed E-state index contributed by atoms with van der Waals surface area (Å²) in [5, 5.41) is 6.15. The van der Waals surface area contributed by atoms with Crippen molar-refractivity contribution in [1.82, 2.24) is 19.9 Å². The van der Waals surface area contributed by atoms with Gasteiger partial charge in [-0.1, -0.05) is 0 Å². The quantitative estimate of drug-likeness (QED) is 0.733. The van der Waals surface area contributed by atoms with Gasteiger partial charge in [-0.05, 0) is 31.9 Å². The van der Waals surface area contributed by atoms with Gasteiger partial charge >= 0.3 is 0 Å². The Morgan fingerprint density at radius 1 is 1.26 bits per heavy atom. The van der Waals surface area contributed by atoms with E-state index in [-0.39, 0.29) is 0 Å². The second kappa shape index (κ2) is 7.96. The molecule has 1 atom stereocenters. The lowest BCUT2D eigenvalue weighted by Crippen LogP contribution is -2.24. The van der Waals surface area contributed by atoms with Crippen molar-refractivity contribution in [1.29, 1.82) is 0 Å². The van der Waals surface area contributed by atoms with Gasteiger partial charge in [0.1, 0.15) is 5.82 Å². The minimum atomic E-state index is 0.488. The molecular weight excluding hydrogens is 344 g/mol. The van der Waals surface area contributed by atoms with E-state index in [2.05, 4.69) is 30.5 Å². The highest BCUT2D eigenvalue weighted by Gasteiger charge is 2.34. The molecule has 0 bridgehead atoms. The van der Waals surface area contributed by atoms with Crippen LogP contribution in [0.2, 0.25) is 0 Å². The molecule has 3 heterocycles. The molecule has 2 fully saturated rings. The van der Waals surface area contributed by atoms with Crippen LogP contribution in [0.25, 0.3) is 0 Å². The maximum atomic E-state index is 6.08. The molecule has 1 saturated heterocycles. The molecule has 8 heteroatoms. The molecule has 2 aromatic heterocycles. The van der Waals surface area contributed by atoms with Crippen LogP contribution in [0.1, 0.15) is 19.3 Å². The van der Waals surface area contributed by atoms with Gasteiger partial charge in [0.2, 0.25) is 5.95 Å². The molecular formula is C19H26N6O2. The topological polar surface area (TPSA) is 84.4 Å². The molecule has 0 unspecified atom stereocenters. The predicted octanol–water partition coefficient (Wildman–Crippen LogP) is 2.53. The summed E-state index contributed by atoms with van der Waals surface area (Å²) in [4.78, 5) is 15.5. The van der Waals surface area contributed by atoms with Crippen molar-refractivity contribution >= 4 is 17.5 Å². The number of likely N-dealkylation sites (tertiary alicyclic amines) is 1. The van der Waals surface area contributed by atoms with Crippen LogP contribution < -0.4 is 20.1 Å². The van der Waals surface area contributed by atoms with Crippen LogP contribution in [0.5, 0.6) is 11.6 Å². The first-order valence-electron chi connectivity index (χ1n) is 9.44. The van der Waals surface area contributed by atoms with Crippen LogP contribution >= 0.6 is 0 Å². The van der Waals surface area contributed by atoms with Crippen molar-refractivity contribution < 1.29 is 9.47 Å². The molecule has 8 nitrogen and oxygen atoms in total. The van der Waals surface area contributed by atoms with Gasteiger partial charge in [-0.25, -0.2) is 9.97 Å². The number of methoxy groups -OCH3 is 1. The summed E-state index contributed by atoms with van der Waals surface area (Å²) in [6, 6.07) is 4.51. The Balaban J connectivity index is 1.41. The molecule has 2 N–H and O–H groups in total. The molecule has 0 spiro atoms. The van der Waals surface area contributed by atoms with Crippen molar-refractivity contribution in [2.24, 2.45) is 5.92 Å². The fourth-order valence-electron chi connectivity index (χ4n) is 3.42. The lowest BCUT2D eigenvalue weighted by molar-refractivity contribution is 0.228. The smallest absolute Gasteiger partial charge is 0.256 e. The van der Waals surface area contributed by atoms with Gasteiger partial charge < -0.3 is 20.1 Å². The molecule has 4 rings (SSSR count).